The number of carbonyl (C=O) groups excluding carboxylic acids is 3. The van der Waals surface area contributed by atoms with E-state index in [1.165, 1.54) is 16.5 Å². The van der Waals surface area contributed by atoms with E-state index in [9.17, 15) is 56.5 Å². The molecule has 0 aliphatic carbocycles. The van der Waals surface area contributed by atoms with Gasteiger partial charge in [-0.25, -0.2) is 0 Å². The molecule has 28 nitrogen and oxygen atoms in total. The summed E-state index contributed by atoms with van der Waals surface area (Å²) in [6.07, 6.45) is 3.79. The van der Waals surface area contributed by atoms with E-state index in [1.807, 2.05) is 53.1 Å². The number of aromatic nitrogens is 6. The normalized spacial score (nSPS) is 21.8. The highest BCUT2D eigenvalue weighted by Crippen LogP contribution is 2.47. The summed E-state index contributed by atoms with van der Waals surface area (Å²) in [6.45, 7) is 20.9. The third kappa shape index (κ3) is 20.9. The first-order chi connectivity index (χ1) is 68.0. The molecule has 734 valence electrons. The molecule has 18 rings (SSSR count). The number of amides is 3. The topological polar surface area (TPSA) is 279 Å². The van der Waals surface area contributed by atoms with E-state index in [2.05, 4.69) is 166 Å². The van der Waals surface area contributed by atoms with Crippen molar-refractivity contribution in [3.63, 3.8) is 0 Å². The van der Waals surface area contributed by atoms with Crippen molar-refractivity contribution >= 4 is 102 Å². The Labute approximate surface area is 821 Å². The summed E-state index contributed by atoms with van der Waals surface area (Å²) < 4.78 is 103. The second-order valence-corrected chi connectivity index (χ2v) is 38.8. The van der Waals surface area contributed by atoms with Gasteiger partial charge in [0.1, 0.15) is 42.8 Å². The lowest BCUT2D eigenvalue weighted by Crippen LogP contribution is -2.56. The molecular formula is C106H115ClF6N22O6. The average molecular weight is 1940 g/mol. The summed E-state index contributed by atoms with van der Waals surface area (Å²) in [7, 11) is 6.30. The Morgan fingerprint density at radius 1 is 0.511 bits per heavy atom. The van der Waals surface area contributed by atoms with E-state index in [1.54, 1.807) is 29.3 Å². The molecule has 9 aliphatic rings. The second kappa shape index (κ2) is 41.8. The van der Waals surface area contributed by atoms with Crippen LogP contribution in [0, 0.1) is 47.8 Å². The molecule has 6 saturated heterocycles. The van der Waals surface area contributed by atoms with Gasteiger partial charge in [-0.05, 0) is 180 Å². The van der Waals surface area contributed by atoms with Crippen molar-refractivity contribution in [2.75, 3.05) is 169 Å². The van der Waals surface area contributed by atoms with Crippen LogP contribution in [0.4, 0.5) is 60.9 Å². The molecule has 12 heterocycles. The molecule has 35 heteroatoms. The number of hydrogen-bond donors (Lipinski definition) is 0. The number of hydrogen-bond acceptors (Lipinski definition) is 25. The quantitative estimate of drug-likeness (QED) is 0.0277. The number of nitrogens with zero attached hydrogens (tertiary/aromatic N) is 22. The van der Waals surface area contributed by atoms with Crippen LogP contribution in [0.25, 0.3) is 32.3 Å². The molecule has 6 aromatic carbocycles. The summed E-state index contributed by atoms with van der Waals surface area (Å²) in [5, 5.41) is 37.4. The molecule has 9 aromatic rings. The number of aliphatic imine (C=N–C) groups is 1. The van der Waals surface area contributed by atoms with Gasteiger partial charge < -0.3 is 63.2 Å². The smallest absolute Gasteiger partial charge is 0.421 e. The number of nitriles is 3. The Morgan fingerprint density at radius 2 is 0.993 bits per heavy atom. The molecule has 6 fully saturated rings. The van der Waals surface area contributed by atoms with Crippen molar-refractivity contribution in [3.05, 3.63) is 219 Å². The van der Waals surface area contributed by atoms with Crippen LogP contribution in [-0.4, -0.2) is 270 Å². The van der Waals surface area contributed by atoms with Crippen LogP contribution in [0.5, 0.6) is 18.0 Å². The highest BCUT2D eigenvalue weighted by molar-refractivity contribution is 6.36. The van der Waals surface area contributed by atoms with Crippen molar-refractivity contribution in [2.45, 2.75) is 165 Å². The predicted molar refractivity (Wildman–Crippen MR) is 532 cm³/mol. The van der Waals surface area contributed by atoms with Crippen molar-refractivity contribution in [2.24, 2.45) is 4.99 Å². The summed E-state index contributed by atoms with van der Waals surface area (Å²) in [6, 6.07) is 38.9. The fourth-order valence-corrected chi connectivity index (χ4v) is 22.6. The van der Waals surface area contributed by atoms with E-state index >= 15 is 0 Å². The zero-order valence-electron chi connectivity index (χ0n) is 80.2. The number of likely N-dealkylation sites (tertiary alicyclic amines) is 3. The summed E-state index contributed by atoms with van der Waals surface area (Å²) in [4.78, 5) is 101. The monoisotopic (exact) mass is 1940 g/mol. The van der Waals surface area contributed by atoms with Crippen molar-refractivity contribution in [3.8, 4) is 36.2 Å². The van der Waals surface area contributed by atoms with Crippen LogP contribution in [0.15, 0.2) is 163 Å². The first kappa shape index (κ1) is 97.8. The number of aryl methyl sites for hydroxylation is 2. The number of alkyl halides is 6. The minimum atomic E-state index is -4.98. The van der Waals surface area contributed by atoms with E-state index < -0.39 is 47.9 Å². The molecular weight excluding hydrogens is 1830 g/mol. The van der Waals surface area contributed by atoms with Gasteiger partial charge in [-0.15, -0.1) is 0 Å². The van der Waals surface area contributed by atoms with Crippen molar-refractivity contribution < 1.29 is 54.9 Å². The number of rotatable bonds is 26. The number of halogens is 7. The van der Waals surface area contributed by atoms with Gasteiger partial charge in [0, 0.05) is 184 Å². The van der Waals surface area contributed by atoms with Crippen molar-refractivity contribution in [1.29, 1.82) is 15.8 Å². The Hall–Kier alpha value is -13.5. The molecule has 0 bridgehead atoms. The number of allylic oxidation sites excluding steroid dienone is 4. The van der Waals surface area contributed by atoms with Gasteiger partial charge in [0.05, 0.1) is 103 Å². The number of benzene rings is 6. The second-order valence-electron chi connectivity index (χ2n) is 38.4. The molecule has 2 unspecified atom stereocenters. The summed E-state index contributed by atoms with van der Waals surface area (Å²) >= 11 is 6.93. The van der Waals surface area contributed by atoms with Gasteiger partial charge in [-0.1, -0.05) is 104 Å². The lowest BCUT2D eigenvalue weighted by Gasteiger charge is -2.42. The summed E-state index contributed by atoms with van der Waals surface area (Å²) in [5.41, 5.74) is 11.6. The lowest BCUT2D eigenvalue weighted by molar-refractivity contribution is -0.142. The van der Waals surface area contributed by atoms with E-state index in [0.29, 0.717) is 144 Å². The molecule has 141 heavy (non-hydrogen) atoms. The van der Waals surface area contributed by atoms with Gasteiger partial charge in [-0.2, -0.15) is 72.0 Å². The lowest BCUT2D eigenvalue weighted by atomic mass is 9.89. The average Bonchev–Trinajstić information content (AvgIpc) is 1.63. The maximum atomic E-state index is 14.2. The summed E-state index contributed by atoms with van der Waals surface area (Å²) in [5.74, 6) is -0.343. The number of carbonyl (C=O) groups is 3. The molecule has 0 N–H and O–H groups in total. The highest BCUT2D eigenvalue weighted by atomic mass is 35.5. The maximum Gasteiger partial charge on any atom is 0.421 e. The van der Waals surface area contributed by atoms with Gasteiger partial charge in [-0.3, -0.25) is 29.2 Å². The van der Waals surface area contributed by atoms with Gasteiger partial charge in [0.2, 0.25) is 11.8 Å². The van der Waals surface area contributed by atoms with Crippen LogP contribution in [0.2, 0.25) is 5.02 Å². The van der Waals surface area contributed by atoms with Gasteiger partial charge in [0.15, 0.2) is 0 Å². The van der Waals surface area contributed by atoms with E-state index in [4.69, 9.17) is 55.7 Å². The predicted octanol–water partition coefficient (Wildman–Crippen LogP) is 15.4. The Morgan fingerprint density at radius 3 is 1.52 bits per heavy atom. The molecule has 9 aliphatic heterocycles. The molecule has 3 aromatic heterocycles. The van der Waals surface area contributed by atoms with Gasteiger partial charge >= 0.3 is 30.4 Å². The fourth-order valence-electron chi connectivity index (χ4n) is 22.3. The minimum Gasteiger partial charge on any atom is -0.462 e. The first-order valence-electron chi connectivity index (χ1n) is 48.5. The highest BCUT2D eigenvalue weighted by Gasteiger charge is 2.45. The van der Waals surface area contributed by atoms with Crippen LogP contribution in [0.3, 0.4) is 0 Å². The molecule has 0 radical (unpaired) electrons. The number of ether oxygens (including phenoxy) is 3. The first-order valence-corrected chi connectivity index (χ1v) is 48.8. The van der Waals surface area contributed by atoms with Crippen molar-refractivity contribution in [1.82, 2.24) is 59.3 Å². The van der Waals surface area contributed by atoms with Crippen LogP contribution >= 0.6 is 11.6 Å². The Balaban J connectivity index is 0.602. The zero-order chi connectivity index (χ0) is 98.8. The Kier molecular flexibility index (Phi) is 28.9. The Bertz CT molecular complexity index is 6590. The van der Waals surface area contributed by atoms with Crippen LogP contribution < -0.4 is 43.6 Å². The standard InChI is InChI=1S/C106H115ClF6N22O6/c1-9-40-117-74(10-2)25-28-93(136)133-48-45-130(57-75(133)30-37-114)99-85-35-44-129(62-89(85)120-102(121-99)139-63-78-21-15-41-124(78)6)92-54-71(51-70-20-11-16-66(3)95(70)92)72-52-79(125(7)55-72)64-140-103-119-88-61-128(43-34-84(88)100(123-103)132-47-50-135(77(59-132)32-39-116)101(138)68(5)106(111,112)113)91-27-26-81(82-22-12-17-67(4)96(82)91)73-53-80(126(8)56-73)65-141-104-118-87-60-127(90-24-14-19-69-18-13-23-86(107)97(69)90)42-33-83(87)98(122-104)131-46-49-134(76(58-131)31-38-115)94(137)29-36-105(108,109)110/h9-14,16-20,22-29,36,40,51,54,72-73,75-80H,2,5,15,21,30-35,41-50,52-53,55-65H2,1,3-4,6-8H3/b28-25+,36-29+,40-9-,117-74+/t72?,73?,75-,76-,77-,78-,79-,80-/m0/s1. The number of fused-ring (bicyclic) bond motifs is 6. The molecule has 8 atom stereocenters. The largest absolute Gasteiger partial charge is 0.462 e. The maximum absolute atomic E-state index is 14.2. The van der Waals surface area contributed by atoms with Gasteiger partial charge in [0.25, 0.3) is 5.91 Å². The minimum absolute atomic E-state index is 0.0111. The van der Waals surface area contributed by atoms with Crippen LogP contribution in [0.1, 0.15) is 120 Å². The zero-order valence-corrected chi connectivity index (χ0v) is 80.9. The van der Waals surface area contributed by atoms with E-state index in [0.717, 1.165) is 131 Å². The SMILES string of the molecule is C=CC(/C=C/C(=O)N1CCN(c2nc(OC[C@@H]3CCCN3C)nc3c2CCN(c2cc(C4C[C@@H](COc5nc6c(c(N7CCN(C(=O)C(=C)C(F)(F)F)[C@@H](CC#N)C7)n5)CCN(c5ccc(C7C[C@@H](COc8nc9c(c(N%10CCN(C(=O)/C=C/C(F)(F)F)[C@@H](CC#N)C%10)n8)CCN(c8cccc%10cccc(Cl)c8%10)C9)N(C)C7)c7cccc(C)c57)C6)N(C)C4)cc4cccc(C)c24)C3)C[C@@H]1CC#N)=N\C=C/C. The third-order valence-corrected chi connectivity index (χ3v) is 30.0. The van der Waals surface area contributed by atoms with Crippen LogP contribution in [-0.2, 0) is 53.3 Å². The number of piperazine rings is 3. The number of anilines is 6. The fraction of sp³-hybridized carbons (Fsp3) is 0.443. The molecule has 0 spiro atoms. The number of likely N-dealkylation sites (N-methyl/N-ethyl adjacent to an activating group) is 3. The molecule has 0 saturated carbocycles. The molecule has 3 amide bonds. The third-order valence-electron chi connectivity index (χ3n) is 29.7. The van der Waals surface area contributed by atoms with E-state index in [-0.39, 0.29) is 126 Å².